The molecule has 0 aromatic heterocycles. The van der Waals surface area contributed by atoms with Gasteiger partial charge in [-0.05, 0) is 40.5 Å². The first-order valence-electron chi connectivity index (χ1n) is 6.85. The number of nitrogens with one attached hydrogen (secondary N) is 1. The zero-order valence-corrected chi connectivity index (χ0v) is 13.9. The molecule has 0 saturated carbocycles. The molecule has 20 heavy (non-hydrogen) atoms. The lowest BCUT2D eigenvalue weighted by molar-refractivity contribution is -0.0991. The molecule has 0 atom stereocenters. The molecule has 0 radical (unpaired) electrons. The molecule has 0 spiro atoms. The standard InChI is InChI=1S/C15H22BrNO3/c1-4-20-14-12(16)5-11(6-13(14)18-3)7-17-8-15(2)9-19-10-15/h5-6,17H,4,7-10H2,1-3H3. The summed E-state index contributed by atoms with van der Waals surface area (Å²) in [6, 6.07) is 4.09. The summed E-state index contributed by atoms with van der Waals surface area (Å²) in [6.07, 6.45) is 0. The highest BCUT2D eigenvalue weighted by Gasteiger charge is 2.32. The maximum absolute atomic E-state index is 5.59. The summed E-state index contributed by atoms with van der Waals surface area (Å²) in [5.41, 5.74) is 1.45. The highest BCUT2D eigenvalue weighted by atomic mass is 79.9. The van der Waals surface area contributed by atoms with Gasteiger partial charge >= 0.3 is 0 Å². The van der Waals surface area contributed by atoms with Crippen molar-refractivity contribution in [1.29, 1.82) is 0 Å². The van der Waals surface area contributed by atoms with Crippen LogP contribution >= 0.6 is 15.9 Å². The third-order valence-corrected chi connectivity index (χ3v) is 3.95. The van der Waals surface area contributed by atoms with Crippen LogP contribution in [0.3, 0.4) is 0 Å². The van der Waals surface area contributed by atoms with Gasteiger partial charge in [-0.25, -0.2) is 0 Å². The summed E-state index contributed by atoms with van der Waals surface area (Å²) in [5.74, 6) is 1.52. The van der Waals surface area contributed by atoms with Crippen LogP contribution in [-0.4, -0.2) is 33.5 Å². The first-order chi connectivity index (χ1) is 9.58. The van der Waals surface area contributed by atoms with Crippen molar-refractivity contribution in [3.63, 3.8) is 0 Å². The molecule has 1 saturated heterocycles. The second-order valence-electron chi connectivity index (χ2n) is 5.45. The summed E-state index contributed by atoms with van der Waals surface area (Å²) < 4.78 is 17.2. The molecular formula is C15H22BrNO3. The third kappa shape index (κ3) is 3.65. The molecule has 0 amide bonds. The maximum Gasteiger partial charge on any atom is 0.175 e. The van der Waals surface area contributed by atoms with Gasteiger partial charge in [0.25, 0.3) is 0 Å². The predicted octanol–water partition coefficient (Wildman–Crippen LogP) is 2.98. The second-order valence-corrected chi connectivity index (χ2v) is 6.30. The Morgan fingerprint density at radius 2 is 2.15 bits per heavy atom. The Kier molecular flexibility index (Phi) is 5.29. The van der Waals surface area contributed by atoms with E-state index in [9.17, 15) is 0 Å². The smallest absolute Gasteiger partial charge is 0.175 e. The van der Waals surface area contributed by atoms with Gasteiger partial charge in [-0.2, -0.15) is 0 Å². The largest absolute Gasteiger partial charge is 0.493 e. The molecule has 2 rings (SSSR count). The molecule has 1 aromatic rings. The molecule has 1 fully saturated rings. The van der Waals surface area contributed by atoms with Crippen molar-refractivity contribution in [1.82, 2.24) is 5.32 Å². The summed E-state index contributed by atoms with van der Waals surface area (Å²) >= 11 is 3.54. The van der Waals surface area contributed by atoms with Crippen molar-refractivity contribution < 1.29 is 14.2 Å². The first-order valence-corrected chi connectivity index (χ1v) is 7.65. The summed E-state index contributed by atoms with van der Waals surface area (Å²) in [6.45, 7) is 8.26. The zero-order valence-electron chi connectivity index (χ0n) is 12.3. The third-order valence-electron chi connectivity index (χ3n) is 3.36. The van der Waals surface area contributed by atoms with E-state index in [2.05, 4.69) is 34.2 Å². The van der Waals surface area contributed by atoms with E-state index < -0.39 is 0 Å². The second kappa shape index (κ2) is 6.78. The van der Waals surface area contributed by atoms with Crippen LogP contribution in [-0.2, 0) is 11.3 Å². The van der Waals surface area contributed by atoms with Gasteiger partial charge in [0, 0.05) is 18.5 Å². The minimum Gasteiger partial charge on any atom is -0.493 e. The zero-order chi connectivity index (χ0) is 14.6. The number of rotatable bonds is 7. The molecule has 112 valence electrons. The van der Waals surface area contributed by atoms with Gasteiger partial charge in [-0.3, -0.25) is 0 Å². The molecule has 1 aliphatic heterocycles. The Morgan fingerprint density at radius 3 is 2.70 bits per heavy atom. The van der Waals surface area contributed by atoms with E-state index in [1.54, 1.807) is 7.11 Å². The topological polar surface area (TPSA) is 39.7 Å². The number of methoxy groups -OCH3 is 1. The molecule has 5 heteroatoms. The van der Waals surface area contributed by atoms with E-state index in [1.807, 2.05) is 13.0 Å². The van der Waals surface area contributed by atoms with E-state index in [1.165, 1.54) is 5.56 Å². The van der Waals surface area contributed by atoms with Crippen LogP contribution in [0, 0.1) is 5.41 Å². The fourth-order valence-electron chi connectivity index (χ4n) is 2.22. The van der Waals surface area contributed by atoms with Crippen LogP contribution in [0.4, 0.5) is 0 Å². The number of benzene rings is 1. The van der Waals surface area contributed by atoms with Gasteiger partial charge in [-0.1, -0.05) is 6.92 Å². The van der Waals surface area contributed by atoms with Crippen LogP contribution < -0.4 is 14.8 Å². The lowest BCUT2D eigenvalue weighted by atomic mass is 9.89. The van der Waals surface area contributed by atoms with Crippen LogP contribution in [0.15, 0.2) is 16.6 Å². The van der Waals surface area contributed by atoms with Gasteiger partial charge in [-0.15, -0.1) is 0 Å². The van der Waals surface area contributed by atoms with Crippen LogP contribution in [0.1, 0.15) is 19.4 Å². The van der Waals surface area contributed by atoms with Gasteiger partial charge < -0.3 is 19.5 Å². The van der Waals surface area contributed by atoms with E-state index in [4.69, 9.17) is 14.2 Å². The Hall–Kier alpha value is -0.780. The summed E-state index contributed by atoms with van der Waals surface area (Å²) in [7, 11) is 1.66. The van der Waals surface area contributed by atoms with Crippen LogP contribution in [0.5, 0.6) is 11.5 Å². The quantitative estimate of drug-likeness (QED) is 0.826. The Labute approximate surface area is 128 Å². The Morgan fingerprint density at radius 1 is 1.40 bits per heavy atom. The molecule has 1 aliphatic rings. The number of ether oxygens (including phenoxy) is 3. The van der Waals surface area contributed by atoms with E-state index in [0.717, 1.165) is 42.3 Å². The van der Waals surface area contributed by atoms with Gasteiger partial charge in [0.05, 0.1) is 31.4 Å². The molecule has 1 aromatic carbocycles. The van der Waals surface area contributed by atoms with Gasteiger partial charge in [0.2, 0.25) is 0 Å². The van der Waals surface area contributed by atoms with Crippen molar-refractivity contribution >= 4 is 15.9 Å². The molecule has 1 N–H and O–H groups in total. The highest BCUT2D eigenvalue weighted by molar-refractivity contribution is 9.10. The SMILES string of the molecule is CCOc1c(Br)cc(CNCC2(C)COC2)cc1OC. The average molecular weight is 344 g/mol. The monoisotopic (exact) mass is 343 g/mol. The molecular weight excluding hydrogens is 322 g/mol. The molecule has 1 heterocycles. The fourth-order valence-corrected chi connectivity index (χ4v) is 2.82. The molecule has 0 aliphatic carbocycles. The lowest BCUT2D eigenvalue weighted by Gasteiger charge is -2.38. The van der Waals surface area contributed by atoms with Crippen LogP contribution in [0.2, 0.25) is 0 Å². The van der Waals surface area contributed by atoms with Crippen molar-refractivity contribution in [3.8, 4) is 11.5 Å². The number of halogens is 1. The summed E-state index contributed by atoms with van der Waals surface area (Å²) in [5, 5.41) is 3.48. The highest BCUT2D eigenvalue weighted by Crippen LogP contribution is 2.36. The fraction of sp³-hybridized carbons (Fsp3) is 0.600. The first kappa shape index (κ1) is 15.6. The van der Waals surface area contributed by atoms with Crippen LogP contribution in [0.25, 0.3) is 0 Å². The van der Waals surface area contributed by atoms with Gasteiger partial charge in [0.1, 0.15) is 0 Å². The van der Waals surface area contributed by atoms with Crippen molar-refractivity contribution in [2.45, 2.75) is 20.4 Å². The Balaban J connectivity index is 1.99. The lowest BCUT2D eigenvalue weighted by Crippen LogP contribution is -2.47. The minimum absolute atomic E-state index is 0.284. The van der Waals surface area contributed by atoms with E-state index in [0.29, 0.717) is 6.61 Å². The predicted molar refractivity (Wildman–Crippen MR) is 82.5 cm³/mol. The van der Waals surface area contributed by atoms with Crippen molar-refractivity contribution in [2.24, 2.45) is 5.41 Å². The normalized spacial score (nSPS) is 16.6. The molecule has 0 bridgehead atoms. The number of hydrogen-bond donors (Lipinski definition) is 1. The van der Waals surface area contributed by atoms with E-state index in [-0.39, 0.29) is 5.41 Å². The maximum atomic E-state index is 5.59. The van der Waals surface area contributed by atoms with E-state index >= 15 is 0 Å². The Bertz CT molecular complexity index is 461. The summed E-state index contributed by atoms with van der Waals surface area (Å²) in [4.78, 5) is 0. The number of hydrogen-bond acceptors (Lipinski definition) is 4. The van der Waals surface area contributed by atoms with Crippen molar-refractivity contribution in [3.05, 3.63) is 22.2 Å². The average Bonchev–Trinajstić information content (AvgIpc) is 2.39. The molecule has 4 nitrogen and oxygen atoms in total. The van der Waals surface area contributed by atoms with Gasteiger partial charge in [0.15, 0.2) is 11.5 Å². The van der Waals surface area contributed by atoms with Crippen molar-refractivity contribution in [2.75, 3.05) is 33.5 Å². The minimum atomic E-state index is 0.284. The molecule has 0 unspecified atom stereocenters.